The van der Waals surface area contributed by atoms with Gasteiger partial charge in [0, 0.05) is 26.3 Å². The summed E-state index contributed by atoms with van der Waals surface area (Å²) in [5, 5.41) is 7.97. The predicted octanol–water partition coefficient (Wildman–Crippen LogP) is 4.09. The van der Waals surface area contributed by atoms with Crippen LogP contribution in [0.5, 0.6) is 0 Å². The fourth-order valence-electron chi connectivity index (χ4n) is 3.92. The van der Waals surface area contributed by atoms with Crippen LogP contribution in [0.3, 0.4) is 0 Å². The van der Waals surface area contributed by atoms with Gasteiger partial charge in [0.2, 0.25) is 5.95 Å². The van der Waals surface area contributed by atoms with Crippen molar-refractivity contribution in [3.63, 3.8) is 0 Å². The average Bonchev–Trinajstić information content (AvgIpc) is 3.43. The zero-order chi connectivity index (χ0) is 19.1. The number of nitrogens with one attached hydrogen (secondary N) is 1. The van der Waals surface area contributed by atoms with E-state index in [9.17, 15) is 0 Å². The number of nitrogens with zero attached hydrogens (tertiary/aromatic N) is 6. The molecule has 0 bridgehead atoms. The van der Waals surface area contributed by atoms with Crippen molar-refractivity contribution in [3.05, 3.63) is 48.6 Å². The van der Waals surface area contributed by atoms with E-state index < -0.39 is 0 Å². The normalized spacial score (nSPS) is 14.5. The molecule has 0 atom stereocenters. The summed E-state index contributed by atoms with van der Waals surface area (Å²) in [4.78, 5) is 14.0. The first-order chi connectivity index (χ1) is 13.7. The largest absolute Gasteiger partial charge is 0.353 e. The summed E-state index contributed by atoms with van der Waals surface area (Å²) < 4.78 is 4.00. The van der Waals surface area contributed by atoms with Gasteiger partial charge in [-0.2, -0.15) is 0 Å². The van der Waals surface area contributed by atoms with Crippen molar-refractivity contribution in [1.29, 1.82) is 0 Å². The number of aryl methyl sites for hydroxylation is 2. The highest BCUT2D eigenvalue weighted by molar-refractivity contribution is 5.82. The number of rotatable bonds is 5. The second-order valence-electron chi connectivity index (χ2n) is 7.27. The third-order valence-electron chi connectivity index (χ3n) is 5.45. The number of pyridine rings is 1. The van der Waals surface area contributed by atoms with E-state index in [0.717, 1.165) is 59.7 Å². The van der Waals surface area contributed by atoms with E-state index in [4.69, 9.17) is 4.98 Å². The zero-order valence-electron chi connectivity index (χ0n) is 16.1. The van der Waals surface area contributed by atoms with Crippen LogP contribution in [0, 0.1) is 12.8 Å². The van der Waals surface area contributed by atoms with E-state index in [2.05, 4.69) is 44.0 Å². The highest BCUT2D eigenvalue weighted by Gasteiger charge is 2.14. The summed E-state index contributed by atoms with van der Waals surface area (Å²) in [5.74, 6) is 2.28. The van der Waals surface area contributed by atoms with Crippen LogP contribution in [-0.2, 0) is 6.54 Å². The van der Waals surface area contributed by atoms with Gasteiger partial charge in [-0.05, 0) is 50.8 Å². The average molecular weight is 375 g/mol. The molecule has 1 aliphatic rings. The van der Waals surface area contributed by atoms with Crippen LogP contribution in [0.2, 0.25) is 0 Å². The minimum atomic E-state index is 0. The Bertz CT molecular complexity index is 1180. The Labute approximate surface area is 164 Å². The molecule has 0 spiro atoms. The molecule has 0 aliphatic heterocycles. The van der Waals surface area contributed by atoms with Crippen LogP contribution in [0.25, 0.3) is 27.9 Å². The van der Waals surface area contributed by atoms with E-state index >= 15 is 0 Å². The lowest BCUT2D eigenvalue weighted by molar-refractivity contribution is 0.599. The molecule has 7 nitrogen and oxygen atoms in total. The molecule has 1 N–H and O–H groups in total. The zero-order valence-corrected chi connectivity index (χ0v) is 16.1. The van der Waals surface area contributed by atoms with Crippen molar-refractivity contribution in [2.75, 3.05) is 11.9 Å². The van der Waals surface area contributed by atoms with Crippen LogP contribution in [0.15, 0.2) is 42.7 Å². The van der Waals surface area contributed by atoms with Crippen LogP contribution in [0.1, 0.15) is 27.0 Å². The van der Waals surface area contributed by atoms with Crippen molar-refractivity contribution < 1.29 is 1.43 Å². The monoisotopic (exact) mass is 375 g/mol. The first kappa shape index (κ1) is 16.9. The maximum absolute atomic E-state index is 4.88. The number of aromatic nitrogens is 6. The molecule has 5 rings (SSSR count). The summed E-state index contributed by atoms with van der Waals surface area (Å²) in [5.41, 5.74) is 4.72. The van der Waals surface area contributed by atoms with E-state index in [1.165, 1.54) is 0 Å². The molecular weight excluding hydrogens is 350 g/mol. The molecule has 144 valence electrons. The third kappa shape index (κ3) is 2.83. The Morgan fingerprint density at radius 1 is 1.18 bits per heavy atom. The van der Waals surface area contributed by atoms with Gasteiger partial charge in [0.15, 0.2) is 5.65 Å². The second kappa shape index (κ2) is 6.74. The van der Waals surface area contributed by atoms with E-state index in [-0.39, 0.29) is 1.43 Å². The number of anilines is 1. The molecule has 1 aliphatic carbocycles. The van der Waals surface area contributed by atoms with Gasteiger partial charge in [0.1, 0.15) is 11.3 Å². The molecule has 0 unspecified atom stereocenters. The van der Waals surface area contributed by atoms with Crippen molar-refractivity contribution in [1.82, 2.24) is 29.1 Å². The molecular formula is C21H25N7. The highest BCUT2D eigenvalue weighted by atomic mass is 15.3. The topological polar surface area (TPSA) is 72.9 Å². The summed E-state index contributed by atoms with van der Waals surface area (Å²) in [7, 11) is 0. The van der Waals surface area contributed by atoms with Gasteiger partial charge < -0.3 is 9.88 Å². The smallest absolute Gasteiger partial charge is 0.241 e. The summed E-state index contributed by atoms with van der Waals surface area (Å²) in [6, 6.07) is 6.10. The number of imidazole rings is 1. The third-order valence-corrected chi connectivity index (χ3v) is 5.45. The molecule has 4 aromatic rings. The summed E-state index contributed by atoms with van der Waals surface area (Å²) >= 11 is 0. The van der Waals surface area contributed by atoms with Gasteiger partial charge in [-0.15, -0.1) is 5.10 Å². The number of allylic oxidation sites excluding steroid dienone is 2. The van der Waals surface area contributed by atoms with E-state index in [0.29, 0.717) is 11.9 Å². The maximum atomic E-state index is 4.88. The van der Waals surface area contributed by atoms with E-state index in [1.807, 2.05) is 42.0 Å². The molecule has 4 aromatic heterocycles. The molecule has 0 amide bonds. The summed E-state index contributed by atoms with van der Waals surface area (Å²) in [6.45, 7) is 5.87. The number of fused-ring (bicyclic) bond motifs is 2. The van der Waals surface area contributed by atoms with E-state index in [1.54, 1.807) is 0 Å². The maximum Gasteiger partial charge on any atom is 0.241 e. The van der Waals surface area contributed by atoms with Gasteiger partial charge in [-0.25, -0.2) is 19.5 Å². The molecule has 0 saturated heterocycles. The molecule has 4 heterocycles. The van der Waals surface area contributed by atoms with Crippen molar-refractivity contribution in [2.24, 2.45) is 5.92 Å². The Kier molecular flexibility index (Phi) is 4.07. The number of hydrogen-bond acceptors (Lipinski definition) is 5. The van der Waals surface area contributed by atoms with Crippen LogP contribution >= 0.6 is 0 Å². The van der Waals surface area contributed by atoms with Gasteiger partial charge >= 0.3 is 0 Å². The molecule has 0 aromatic carbocycles. The Balaban J connectivity index is 0.00000205. The lowest BCUT2D eigenvalue weighted by Gasteiger charge is -2.10. The lowest BCUT2D eigenvalue weighted by atomic mass is 10.1. The lowest BCUT2D eigenvalue weighted by Crippen LogP contribution is -2.14. The first-order valence-electron chi connectivity index (χ1n) is 9.80. The second-order valence-corrected chi connectivity index (χ2v) is 7.27. The van der Waals surface area contributed by atoms with Crippen molar-refractivity contribution in [2.45, 2.75) is 33.2 Å². The Morgan fingerprint density at radius 2 is 2.04 bits per heavy atom. The van der Waals surface area contributed by atoms with Gasteiger partial charge in [-0.3, -0.25) is 0 Å². The van der Waals surface area contributed by atoms with Crippen LogP contribution in [-0.4, -0.2) is 35.7 Å². The van der Waals surface area contributed by atoms with Crippen molar-refractivity contribution in [3.8, 4) is 11.3 Å². The molecule has 28 heavy (non-hydrogen) atoms. The Hall–Kier alpha value is -3.22. The number of hydrogen-bond donors (Lipinski definition) is 1. The standard InChI is InChI=1S/C21H23N7.H2/c1-3-27-14(2)24-18-9-8-17(25-20(18)27)16-10-11-28-19(16)13-23-21(26-28)22-12-15-6-4-5-7-15;/h4-5,8-11,13,15H,3,6-7,12H2,1-2H3,(H,22,26);1H. The molecule has 0 fully saturated rings. The highest BCUT2D eigenvalue weighted by Crippen LogP contribution is 2.26. The SMILES string of the molecule is CCn1c(C)nc2ccc(-c3ccn4nc(NCC5CC=CC5)ncc34)nc21.[HH]. The molecule has 7 heteroatoms. The minimum Gasteiger partial charge on any atom is -0.353 e. The quantitative estimate of drug-likeness (QED) is 0.532. The van der Waals surface area contributed by atoms with Gasteiger partial charge in [-0.1, -0.05) is 12.2 Å². The Morgan fingerprint density at radius 3 is 2.86 bits per heavy atom. The first-order valence-corrected chi connectivity index (χ1v) is 9.80. The predicted molar refractivity (Wildman–Crippen MR) is 112 cm³/mol. The van der Waals surface area contributed by atoms with Crippen molar-refractivity contribution >= 4 is 22.6 Å². The minimum absolute atomic E-state index is 0. The molecule has 0 saturated carbocycles. The van der Waals surface area contributed by atoms with Gasteiger partial charge in [0.25, 0.3) is 0 Å². The fraction of sp³-hybridized carbons (Fsp3) is 0.333. The molecule has 0 radical (unpaired) electrons. The van der Waals surface area contributed by atoms with Crippen LogP contribution < -0.4 is 5.32 Å². The summed E-state index contributed by atoms with van der Waals surface area (Å²) in [6.07, 6.45) is 10.6. The fourth-order valence-corrected chi connectivity index (χ4v) is 3.92. The van der Waals surface area contributed by atoms with Crippen LogP contribution in [0.4, 0.5) is 5.95 Å². The van der Waals surface area contributed by atoms with Gasteiger partial charge in [0.05, 0.1) is 17.4 Å².